The molecule has 1 aliphatic rings. The maximum absolute atomic E-state index is 6.13. The van der Waals surface area contributed by atoms with Crippen molar-refractivity contribution in [2.45, 2.75) is 51.2 Å². The minimum absolute atomic E-state index is 0.163. The van der Waals surface area contributed by atoms with Gasteiger partial charge in [-0.2, -0.15) is 0 Å². The molecule has 1 heterocycles. The molecule has 4 nitrogen and oxygen atoms in total. The standard InChI is InChI=1S/C17H28N2O2/c1-4-21-17(13-8-6-5-7-9-13)16(18-2)14-10-15(20-3)12-19-11-14/h10-13,16-18H,4-9H2,1-3H3. The van der Waals surface area contributed by atoms with Crippen LogP contribution in [0.1, 0.15) is 50.6 Å². The number of pyridine rings is 1. The average molecular weight is 292 g/mol. The number of ether oxygens (including phenoxy) is 2. The van der Waals surface area contributed by atoms with Crippen LogP contribution in [0, 0.1) is 5.92 Å². The van der Waals surface area contributed by atoms with E-state index in [0.717, 1.165) is 17.9 Å². The van der Waals surface area contributed by atoms with E-state index in [1.54, 1.807) is 13.3 Å². The zero-order valence-corrected chi connectivity index (χ0v) is 13.5. The van der Waals surface area contributed by atoms with E-state index in [1.807, 2.05) is 13.2 Å². The van der Waals surface area contributed by atoms with Crippen molar-refractivity contribution in [1.29, 1.82) is 0 Å². The number of nitrogens with zero attached hydrogens (tertiary/aromatic N) is 1. The lowest BCUT2D eigenvalue weighted by molar-refractivity contribution is -0.0168. The number of nitrogens with one attached hydrogen (secondary N) is 1. The second-order valence-electron chi connectivity index (χ2n) is 5.74. The van der Waals surface area contributed by atoms with E-state index in [9.17, 15) is 0 Å². The SMILES string of the molecule is CCOC(C1CCCCC1)C(NC)c1cncc(OC)c1. The first-order valence-electron chi connectivity index (χ1n) is 8.08. The van der Waals surface area contributed by atoms with Gasteiger partial charge in [-0.15, -0.1) is 0 Å². The van der Waals surface area contributed by atoms with Crippen LogP contribution in [0.5, 0.6) is 5.75 Å². The number of methoxy groups -OCH3 is 1. The fourth-order valence-electron chi connectivity index (χ4n) is 3.40. The van der Waals surface area contributed by atoms with E-state index in [2.05, 4.69) is 23.3 Å². The predicted octanol–water partition coefficient (Wildman–Crippen LogP) is 3.34. The lowest BCUT2D eigenvalue weighted by atomic mass is 9.81. The van der Waals surface area contributed by atoms with Crippen LogP contribution >= 0.6 is 0 Å². The van der Waals surface area contributed by atoms with Crippen LogP contribution in [-0.2, 0) is 4.74 Å². The summed E-state index contributed by atoms with van der Waals surface area (Å²) in [5, 5.41) is 3.43. The Morgan fingerprint density at radius 1 is 1.29 bits per heavy atom. The molecule has 1 saturated carbocycles. The molecule has 4 heteroatoms. The van der Waals surface area contributed by atoms with Crippen LogP contribution in [0.4, 0.5) is 0 Å². The Hall–Kier alpha value is -1.13. The largest absolute Gasteiger partial charge is 0.495 e. The second kappa shape index (κ2) is 8.35. The third kappa shape index (κ3) is 4.17. The van der Waals surface area contributed by atoms with Gasteiger partial charge in [0.25, 0.3) is 0 Å². The Morgan fingerprint density at radius 3 is 2.67 bits per heavy atom. The highest BCUT2D eigenvalue weighted by Gasteiger charge is 2.31. The first-order chi connectivity index (χ1) is 10.3. The molecule has 21 heavy (non-hydrogen) atoms. The summed E-state index contributed by atoms with van der Waals surface area (Å²) in [7, 11) is 3.68. The molecular weight excluding hydrogens is 264 g/mol. The zero-order valence-electron chi connectivity index (χ0n) is 13.5. The molecule has 1 fully saturated rings. The van der Waals surface area contributed by atoms with E-state index in [-0.39, 0.29) is 12.1 Å². The lowest BCUT2D eigenvalue weighted by Crippen LogP contribution is -2.38. The molecular formula is C17H28N2O2. The summed E-state index contributed by atoms with van der Waals surface area (Å²) < 4.78 is 11.4. The van der Waals surface area contributed by atoms with E-state index < -0.39 is 0 Å². The van der Waals surface area contributed by atoms with Gasteiger partial charge >= 0.3 is 0 Å². The van der Waals surface area contributed by atoms with Crippen molar-refractivity contribution in [2.24, 2.45) is 5.92 Å². The molecule has 0 radical (unpaired) electrons. The van der Waals surface area contributed by atoms with Crippen LogP contribution in [-0.4, -0.2) is 31.9 Å². The summed E-state index contributed by atoms with van der Waals surface area (Å²) >= 11 is 0. The normalized spacial score (nSPS) is 19.2. The Morgan fingerprint density at radius 2 is 2.05 bits per heavy atom. The third-order valence-electron chi connectivity index (χ3n) is 4.44. The van der Waals surface area contributed by atoms with Crippen molar-refractivity contribution in [1.82, 2.24) is 10.3 Å². The Bertz CT molecular complexity index is 419. The van der Waals surface area contributed by atoms with Crippen molar-refractivity contribution in [3.05, 3.63) is 24.0 Å². The minimum Gasteiger partial charge on any atom is -0.495 e. The highest BCUT2D eigenvalue weighted by molar-refractivity contribution is 5.27. The summed E-state index contributed by atoms with van der Waals surface area (Å²) in [6.45, 7) is 2.82. The Kier molecular flexibility index (Phi) is 6.46. The first-order valence-corrected chi connectivity index (χ1v) is 8.08. The van der Waals surface area contributed by atoms with E-state index in [0.29, 0.717) is 5.92 Å². The molecule has 0 aromatic carbocycles. The smallest absolute Gasteiger partial charge is 0.137 e. The fourth-order valence-corrected chi connectivity index (χ4v) is 3.40. The molecule has 118 valence electrons. The van der Waals surface area contributed by atoms with Crippen molar-refractivity contribution in [3.63, 3.8) is 0 Å². The molecule has 1 aliphatic carbocycles. The minimum atomic E-state index is 0.163. The van der Waals surface area contributed by atoms with Crippen molar-refractivity contribution < 1.29 is 9.47 Å². The van der Waals surface area contributed by atoms with Gasteiger partial charge in [-0.3, -0.25) is 4.98 Å². The number of likely N-dealkylation sites (N-methyl/N-ethyl adjacent to an activating group) is 1. The van der Waals surface area contributed by atoms with Gasteiger partial charge in [0.05, 0.1) is 25.5 Å². The maximum atomic E-state index is 6.13. The van der Waals surface area contributed by atoms with Gasteiger partial charge in [-0.1, -0.05) is 19.3 Å². The van der Waals surface area contributed by atoms with Crippen molar-refractivity contribution in [3.8, 4) is 5.75 Å². The molecule has 0 spiro atoms. The molecule has 1 aromatic heterocycles. The van der Waals surface area contributed by atoms with Gasteiger partial charge in [-0.25, -0.2) is 0 Å². The summed E-state index contributed by atoms with van der Waals surface area (Å²) in [5.41, 5.74) is 1.14. The van der Waals surface area contributed by atoms with Crippen molar-refractivity contribution in [2.75, 3.05) is 20.8 Å². The average Bonchev–Trinajstić information content (AvgIpc) is 2.56. The number of rotatable bonds is 7. The Labute approximate surface area is 128 Å². The molecule has 0 amide bonds. The summed E-state index contributed by atoms with van der Waals surface area (Å²) in [6, 6.07) is 2.22. The Balaban J connectivity index is 2.21. The lowest BCUT2D eigenvalue weighted by Gasteiger charge is -2.35. The van der Waals surface area contributed by atoms with Crippen LogP contribution < -0.4 is 10.1 Å². The molecule has 1 N–H and O–H groups in total. The van der Waals surface area contributed by atoms with Gasteiger partial charge < -0.3 is 14.8 Å². The van der Waals surface area contributed by atoms with E-state index in [1.165, 1.54) is 32.1 Å². The third-order valence-corrected chi connectivity index (χ3v) is 4.44. The zero-order chi connectivity index (χ0) is 15.1. The molecule has 2 unspecified atom stereocenters. The molecule has 2 rings (SSSR count). The van der Waals surface area contributed by atoms with Crippen LogP contribution in [0.2, 0.25) is 0 Å². The van der Waals surface area contributed by atoms with Gasteiger partial charge in [0, 0.05) is 12.8 Å². The molecule has 0 saturated heterocycles. The molecule has 1 aromatic rings. The number of aromatic nitrogens is 1. The first kappa shape index (κ1) is 16.2. The predicted molar refractivity (Wildman–Crippen MR) is 84.6 cm³/mol. The highest BCUT2D eigenvalue weighted by atomic mass is 16.5. The van der Waals surface area contributed by atoms with Crippen LogP contribution in [0.3, 0.4) is 0 Å². The van der Waals surface area contributed by atoms with Gasteiger partial charge in [0.15, 0.2) is 0 Å². The number of hydrogen-bond donors (Lipinski definition) is 1. The summed E-state index contributed by atoms with van der Waals surface area (Å²) in [5.74, 6) is 1.42. The molecule has 2 atom stereocenters. The van der Waals surface area contributed by atoms with E-state index in [4.69, 9.17) is 9.47 Å². The van der Waals surface area contributed by atoms with Gasteiger partial charge in [0.1, 0.15) is 5.75 Å². The van der Waals surface area contributed by atoms with Gasteiger partial charge in [-0.05, 0) is 44.4 Å². The molecule has 0 bridgehead atoms. The van der Waals surface area contributed by atoms with Crippen LogP contribution in [0.25, 0.3) is 0 Å². The van der Waals surface area contributed by atoms with Gasteiger partial charge in [0.2, 0.25) is 0 Å². The monoisotopic (exact) mass is 292 g/mol. The highest BCUT2D eigenvalue weighted by Crippen LogP contribution is 2.34. The maximum Gasteiger partial charge on any atom is 0.137 e. The quantitative estimate of drug-likeness (QED) is 0.837. The summed E-state index contributed by atoms with van der Waals surface area (Å²) in [4.78, 5) is 4.29. The van der Waals surface area contributed by atoms with Crippen LogP contribution in [0.15, 0.2) is 18.5 Å². The fraction of sp³-hybridized carbons (Fsp3) is 0.706. The van der Waals surface area contributed by atoms with E-state index >= 15 is 0 Å². The van der Waals surface area contributed by atoms with Crippen molar-refractivity contribution >= 4 is 0 Å². The second-order valence-corrected chi connectivity index (χ2v) is 5.74. The summed E-state index contributed by atoms with van der Waals surface area (Å²) in [6.07, 6.45) is 10.4. The number of hydrogen-bond acceptors (Lipinski definition) is 4. The topological polar surface area (TPSA) is 43.4 Å². The molecule has 0 aliphatic heterocycles.